The van der Waals surface area contributed by atoms with Gasteiger partial charge < -0.3 is 4.74 Å². The van der Waals surface area contributed by atoms with E-state index in [9.17, 15) is 9.59 Å². The van der Waals surface area contributed by atoms with Crippen LogP contribution >= 0.6 is 15.9 Å². The van der Waals surface area contributed by atoms with E-state index in [0.717, 1.165) is 10.2 Å². The summed E-state index contributed by atoms with van der Waals surface area (Å²) >= 11 is 3.37. The molecule has 3 rings (SSSR count). The molecular weight excluding hydrogens is 334 g/mol. The molecule has 0 bridgehead atoms. The van der Waals surface area contributed by atoms with Gasteiger partial charge in [0, 0.05) is 21.8 Å². The van der Waals surface area contributed by atoms with Gasteiger partial charge in [-0.1, -0.05) is 15.9 Å². The van der Waals surface area contributed by atoms with E-state index in [2.05, 4.69) is 15.9 Å². The molecule has 2 aromatic rings. The molecule has 0 saturated heterocycles. The van der Waals surface area contributed by atoms with E-state index in [4.69, 9.17) is 4.74 Å². The van der Waals surface area contributed by atoms with Crippen LogP contribution in [0.4, 0.5) is 11.4 Å². The Bertz CT molecular complexity index is 725. The van der Waals surface area contributed by atoms with Crippen molar-refractivity contribution in [2.45, 2.75) is 6.42 Å². The topological polar surface area (TPSA) is 46.6 Å². The smallest absolute Gasteiger partial charge is 0.239 e. The van der Waals surface area contributed by atoms with Crippen molar-refractivity contribution in [1.29, 1.82) is 0 Å². The van der Waals surface area contributed by atoms with Gasteiger partial charge in [-0.2, -0.15) is 0 Å². The van der Waals surface area contributed by atoms with Crippen LogP contribution in [0.3, 0.4) is 0 Å². The summed E-state index contributed by atoms with van der Waals surface area (Å²) in [5, 5.41) is 0. The number of carbonyl (C=O) groups is 2. The maximum Gasteiger partial charge on any atom is 0.239 e. The number of ether oxygens (including phenoxy) is 1. The number of hydrogen-bond donors (Lipinski definition) is 0. The molecule has 0 aromatic heterocycles. The predicted molar refractivity (Wildman–Crippen MR) is 83.2 cm³/mol. The minimum Gasteiger partial charge on any atom is -0.497 e. The quantitative estimate of drug-likeness (QED) is 0.779. The van der Waals surface area contributed by atoms with Crippen molar-refractivity contribution >= 4 is 39.0 Å². The number of carbonyl (C=O) groups excluding carboxylic acids is 2. The molecule has 1 aliphatic rings. The van der Waals surface area contributed by atoms with Crippen molar-refractivity contribution in [2.75, 3.05) is 12.0 Å². The van der Waals surface area contributed by atoms with Gasteiger partial charge in [-0.25, -0.2) is 0 Å². The van der Waals surface area contributed by atoms with E-state index in [-0.39, 0.29) is 18.1 Å². The normalized spacial score (nSPS) is 14.1. The number of ketones is 1. The van der Waals surface area contributed by atoms with Crippen LogP contribution < -0.4 is 9.64 Å². The summed E-state index contributed by atoms with van der Waals surface area (Å²) in [4.78, 5) is 25.9. The molecule has 1 aliphatic heterocycles. The van der Waals surface area contributed by atoms with Gasteiger partial charge in [0.15, 0.2) is 5.78 Å². The Morgan fingerprint density at radius 3 is 2.48 bits per heavy atom. The first-order valence-electron chi connectivity index (χ1n) is 6.40. The van der Waals surface area contributed by atoms with E-state index < -0.39 is 0 Å². The lowest BCUT2D eigenvalue weighted by Crippen LogP contribution is -2.33. The molecule has 106 valence electrons. The Morgan fingerprint density at radius 2 is 1.81 bits per heavy atom. The van der Waals surface area contributed by atoms with Crippen LogP contribution in [-0.2, 0) is 4.79 Å². The van der Waals surface area contributed by atoms with Crippen LogP contribution in [0, 0.1) is 0 Å². The van der Waals surface area contributed by atoms with E-state index in [1.807, 2.05) is 24.3 Å². The highest BCUT2D eigenvalue weighted by Gasteiger charge is 2.31. The molecule has 0 aliphatic carbocycles. The first-order chi connectivity index (χ1) is 10.1. The van der Waals surface area contributed by atoms with Crippen LogP contribution in [0.2, 0.25) is 0 Å². The molecule has 0 N–H and O–H groups in total. The van der Waals surface area contributed by atoms with Crippen molar-refractivity contribution in [2.24, 2.45) is 0 Å². The van der Waals surface area contributed by atoms with E-state index in [1.165, 1.54) is 0 Å². The van der Waals surface area contributed by atoms with Crippen molar-refractivity contribution < 1.29 is 14.3 Å². The zero-order valence-electron chi connectivity index (χ0n) is 11.3. The summed E-state index contributed by atoms with van der Waals surface area (Å²) in [5.41, 5.74) is 1.83. The number of Topliss-reactive ketones (excluding diaryl/α,β-unsaturated/α-hetero) is 1. The number of anilines is 2. The molecular formula is C16H12BrNO3. The third-order valence-electron chi connectivity index (χ3n) is 3.39. The Labute approximate surface area is 130 Å². The minimum absolute atomic E-state index is 0.116. The summed E-state index contributed by atoms with van der Waals surface area (Å²) in [5.74, 6) is 0.215. The zero-order valence-corrected chi connectivity index (χ0v) is 12.9. The van der Waals surface area contributed by atoms with Crippen molar-refractivity contribution in [3.8, 4) is 5.75 Å². The number of benzene rings is 2. The number of rotatable bonds is 2. The van der Waals surface area contributed by atoms with Crippen LogP contribution in [0.15, 0.2) is 46.9 Å². The molecule has 4 nitrogen and oxygen atoms in total. The standard InChI is InChI=1S/C16H12BrNO3/c1-21-12-6-7-13-14(8-12)18(16(20)9-15(13)19)11-4-2-10(17)3-5-11/h2-8H,9H2,1H3. The second kappa shape index (κ2) is 5.33. The Hall–Kier alpha value is -2.14. The SMILES string of the molecule is COc1ccc2c(c1)N(c1ccc(Br)cc1)C(=O)CC2=O. The molecule has 0 atom stereocenters. The summed E-state index contributed by atoms with van der Waals surface area (Å²) < 4.78 is 6.13. The van der Waals surface area contributed by atoms with Gasteiger partial charge in [-0.3, -0.25) is 14.5 Å². The highest BCUT2D eigenvalue weighted by atomic mass is 79.9. The van der Waals surface area contributed by atoms with Gasteiger partial charge in [-0.05, 0) is 36.4 Å². The molecule has 2 aromatic carbocycles. The van der Waals surface area contributed by atoms with Gasteiger partial charge in [0.05, 0.1) is 19.2 Å². The van der Waals surface area contributed by atoms with Crippen LogP contribution in [-0.4, -0.2) is 18.8 Å². The van der Waals surface area contributed by atoms with E-state index >= 15 is 0 Å². The minimum atomic E-state index is -0.233. The second-order valence-electron chi connectivity index (χ2n) is 4.69. The number of halogens is 1. The maximum atomic E-state index is 12.3. The fourth-order valence-electron chi connectivity index (χ4n) is 2.38. The summed E-state index contributed by atoms with van der Waals surface area (Å²) in [6.45, 7) is 0. The third-order valence-corrected chi connectivity index (χ3v) is 3.92. The first kappa shape index (κ1) is 13.8. The third kappa shape index (κ3) is 2.45. The monoisotopic (exact) mass is 345 g/mol. The highest BCUT2D eigenvalue weighted by molar-refractivity contribution is 9.10. The van der Waals surface area contributed by atoms with Gasteiger partial charge >= 0.3 is 0 Å². The fourth-order valence-corrected chi connectivity index (χ4v) is 2.64. The second-order valence-corrected chi connectivity index (χ2v) is 5.60. The maximum absolute atomic E-state index is 12.3. The molecule has 1 amide bonds. The lowest BCUT2D eigenvalue weighted by Gasteiger charge is -2.29. The van der Waals surface area contributed by atoms with Crippen LogP contribution in [0.5, 0.6) is 5.75 Å². The van der Waals surface area contributed by atoms with Crippen LogP contribution in [0.1, 0.15) is 16.8 Å². The highest BCUT2D eigenvalue weighted by Crippen LogP contribution is 2.36. The average Bonchev–Trinajstić information content (AvgIpc) is 2.48. The summed E-state index contributed by atoms with van der Waals surface area (Å²) in [6, 6.07) is 12.5. The number of nitrogens with zero attached hydrogens (tertiary/aromatic N) is 1. The predicted octanol–water partition coefficient (Wildman–Crippen LogP) is 3.71. The molecule has 0 saturated carbocycles. The molecule has 1 heterocycles. The Morgan fingerprint density at radius 1 is 1.10 bits per heavy atom. The number of hydrogen-bond acceptors (Lipinski definition) is 3. The van der Waals surface area contributed by atoms with E-state index in [0.29, 0.717) is 17.0 Å². The number of amides is 1. The van der Waals surface area contributed by atoms with Crippen molar-refractivity contribution in [1.82, 2.24) is 0 Å². The lowest BCUT2D eigenvalue weighted by atomic mass is 9.99. The first-order valence-corrected chi connectivity index (χ1v) is 7.19. The number of methoxy groups -OCH3 is 1. The van der Waals surface area contributed by atoms with Gasteiger partial charge in [0.1, 0.15) is 5.75 Å². The van der Waals surface area contributed by atoms with Gasteiger partial charge in [0.25, 0.3) is 0 Å². The van der Waals surface area contributed by atoms with Crippen molar-refractivity contribution in [3.05, 3.63) is 52.5 Å². The molecule has 0 spiro atoms. The van der Waals surface area contributed by atoms with Gasteiger partial charge in [0.2, 0.25) is 5.91 Å². The lowest BCUT2D eigenvalue weighted by molar-refractivity contribution is -0.117. The number of fused-ring (bicyclic) bond motifs is 1. The van der Waals surface area contributed by atoms with Crippen molar-refractivity contribution in [3.63, 3.8) is 0 Å². The van der Waals surface area contributed by atoms with Crippen LogP contribution in [0.25, 0.3) is 0 Å². The molecule has 0 unspecified atom stereocenters. The molecule has 5 heteroatoms. The Kier molecular flexibility index (Phi) is 3.51. The summed E-state index contributed by atoms with van der Waals surface area (Å²) in [6.07, 6.45) is -0.116. The largest absolute Gasteiger partial charge is 0.497 e. The average molecular weight is 346 g/mol. The zero-order chi connectivity index (χ0) is 15.0. The Balaban J connectivity index is 2.17. The summed E-state index contributed by atoms with van der Waals surface area (Å²) in [7, 11) is 1.55. The van der Waals surface area contributed by atoms with Gasteiger partial charge in [-0.15, -0.1) is 0 Å². The molecule has 0 fully saturated rings. The fraction of sp³-hybridized carbons (Fsp3) is 0.125. The molecule has 21 heavy (non-hydrogen) atoms. The van der Waals surface area contributed by atoms with E-state index in [1.54, 1.807) is 30.2 Å². The molecule has 0 radical (unpaired) electrons.